The molecule has 0 heterocycles. The van der Waals surface area contributed by atoms with Crippen molar-refractivity contribution in [2.75, 3.05) is 0 Å². The van der Waals surface area contributed by atoms with Crippen LogP contribution >= 0.6 is 0 Å². The van der Waals surface area contributed by atoms with Crippen molar-refractivity contribution in [2.24, 2.45) is 17.8 Å². The average molecular weight is 271 g/mol. The molecule has 0 aromatic heterocycles. The number of carbonyl (C=O) groups excluding carboxylic acids is 1. The number of fused-ring (bicyclic) bond motifs is 2. The largest absolute Gasteiger partial charge is 0.349 e. The molecule has 1 aromatic carbocycles. The zero-order valence-corrected chi connectivity index (χ0v) is 12.8. The van der Waals surface area contributed by atoms with Crippen molar-refractivity contribution in [1.82, 2.24) is 5.32 Å². The average Bonchev–Trinajstić information content (AvgIpc) is 3.00. The molecule has 108 valence electrons. The predicted octanol–water partition coefficient (Wildman–Crippen LogP) is 3.86. The summed E-state index contributed by atoms with van der Waals surface area (Å²) in [6.07, 6.45) is 5.51. The maximum atomic E-state index is 12.4. The maximum Gasteiger partial charge on any atom is 0.251 e. The normalized spacial score (nSPS) is 29.4. The summed E-state index contributed by atoms with van der Waals surface area (Å²) in [5.74, 6) is 2.58. The highest BCUT2D eigenvalue weighted by Gasteiger charge is 2.42. The lowest BCUT2D eigenvalue weighted by atomic mass is 9.84. The van der Waals surface area contributed by atoms with Gasteiger partial charge in [0.2, 0.25) is 0 Å². The molecule has 1 aromatic rings. The summed E-state index contributed by atoms with van der Waals surface area (Å²) in [6, 6.07) is 6.35. The van der Waals surface area contributed by atoms with E-state index in [0.29, 0.717) is 12.0 Å². The van der Waals surface area contributed by atoms with Crippen molar-refractivity contribution >= 4 is 5.91 Å². The van der Waals surface area contributed by atoms with E-state index in [0.717, 1.165) is 23.0 Å². The van der Waals surface area contributed by atoms with Gasteiger partial charge in [0, 0.05) is 11.6 Å². The van der Waals surface area contributed by atoms with Crippen LogP contribution in [-0.4, -0.2) is 11.9 Å². The van der Waals surface area contributed by atoms with Crippen molar-refractivity contribution in [3.8, 4) is 0 Å². The second-order valence-electron chi connectivity index (χ2n) is 6.92. The SMILES string of the molecule is Cc1ccc(C(=O)N[C@H](C)[C@@H]2C[C@H]3CC[C@H]2C3)c(C)c1. The molecule has 3 rings (SSSR count). The van der Waals surface area contributed by atoms with E-state index in [4.69, 9.17) is 0 Å². The van der Waals surface area contributed by atoms with Gasteiger partial charge in [-0.2, -0.15) is 0 Å². The van der Waals surface area contributed by atoms with Crippen LogP contribution in [0.25, 0.3) is 0 Å². The van der Waals surface area contributed by atoms with Gasteiger partial charge in [-0.1, -0.05) is 24.1 Å². The van der Waals surface area contributed by atoms with Gasteiger partial charge >= 0.3 is 0 Å². The van der Waals surface area contributed by atoms with Crippen LogP contribution in [-0.2, 0) is 0 Å². The van der Waals surface area contributed by atoms with E-state index in [1.165, 1.54) is 31.2 Å². The second-order valence-corrected chi connectivity index (χ2v) is 6.92. The first-order valence-corrected chi connectivity index (χ1v) is 7.92. The summed E-state index contributed by atoms with van der Waals surface area (Å²) in [4.78, 5) is 12.4. The minimum Gasteiger partial charge on any atom is -0.349 e. The molecule has 2 fully saturated rings. The third-order valence-corrected chi connectivity index (χ3v) is 5.42. The van der Waals surface area contributed by atoms with E-state index < -0.39 is 0 Å². The first-order valence-electron chi connectivity index (χ1n) is 7.92. The van der Waals surface area contributed by atoms with E-state index in [1.807, 2.05) is 19.1 Å². The van der Waals surface area contributed by atoms with E-state index in [2.05, 4.69) is 25.2 Å². The molecule has 0 unspecified atom stereocenters. The van der Waals surface area contributed by atoms with Crippen LogP contribution in [0, 0.1) is 31.6 Å². The fourth-order valence-electron chi connectivity index (χ4n) is 4.37. The first-order chi connectivity index (χ1) is 9.54. The predicted molar refractivity (Wildman–Crippen MR) is 81.8 cm³/mol. The number of hydrogen-bond donors (Lipinski definition) is 1. The van der Waals surface area contributed by atoms with Crippen LogP contribution < -0.4 is 5.32 Å². The lowest BCUT2D eigenvalue weighted by Crippen LogP contribution is -2.40. The number of nitrogens with one attached hydrogen (secondary N) is 1. The number of carbonyl (C=O) groups is 1. The molecule has 1 N–H and O–H groups in total. The molecular weight excluding hydrogens is 246 g/mol. The Morgan fingerprint density at radius 2 is 2.05 bits per heavy atom. The Bertz CT molecular complexity index is 522. The number of benzene rings is 1. The van der Waals surface area contributed by atoms with Gasteiger partial charge in [0.15, 0.2) is 0 Å². The zero-order chi connectivity index (χ0) is 14.3. The molecule has 2 saturated carbocycles. The minimum absolute atomic E-state index is 0.0952. The number of hydrogen-bond acceptors (Lipinski definition) is 1. The van der Waals surface area contributed by atoms with Crippen molar-refractivity contribution in [2.45, 2.75) is 52.5 Å². The highest BCUT2D eigenvalue weighted by atomic mass is 16.1. The molecule has 2 aliphatic carbocycles. The Hall–Kier alpha value is -1.31. The Kier molecular flexibility index (Phi) is 3.57. The van der Waals surface area contributed by atoms with Gasteiger partial charge in [-0.15, -0.1) is 0 Å². The highest BCUT2D eigenvalue weighted by molar-refractivity contribution is 5.95. The third-order valence-electron chi connectivity index (χ3n) is 5.42. The van der Waals surface area contributed by atoms with Crippen molar-refractivity contribution in [3.63, 3.8) is 0 Å². The van der Waals surface area contributed by atoms with Gasteiger partial charge in [-0.05, 0) is 69.4 Å². The van der Waals surface area contributed by atoms with Crippen LogP contribution in [0.4, 0.5) is 0 Å². The van der Waals surface area contributed by atoms with Gasteiger partial charge in [-0.3, -0.25) is 4.79 Å². The first kappa shape index (κ1) is 13.7. The van der Waals surface area contributed by atoms with Gasteiger partial charge in [0.05, 0.1) is 0 Å². The van der Waals surface area contributed by atoms with E-state index in [9.17, 15) is 4.79 Å². The standard InChI is InChI=1S/C18H25NO/c1-11-4-7-16(12(2)8-11)18(20)19-13(3)17-10-14-5-6-15(17)9-14/h4,7-8,13-15,17H,5-6,9-10H2,1-3H3,(H,19,20)/t13-,14+,15+,17+/m1/s1. The third kappa shape index (κ3) is 2.48. The lowest BCUT2D eigenvalue weighted by molar-refractivity contribution is 0.0914. The van der Waals surface area contributed by atoms with E-state index in [1.54, 1.807) is 0 Å². The Morgan fingerprint density at radius 1 is 1.25 bits per heavy atom. The molecule has 2 heteroatoms. The summed E-state index contributed by atoms with van der Waals surface area (Å²) in [5, 5.41) is 3.24. The fourth-order valence-corrected chi connectivity index (χ4v) is 4.37. The van der Waals surface area contributed by atoms with Crippen LogP contribution in [0.15, 0.2) is 18.2 Å². The van der Waals surface area contributed by atoms with Crippen molar-refractivity contribution in [1.29, 1.82) is 0 Å². The monoisotopic (exact) mass is 271 g/mol. The molecule has 0 radical (unpaired) electrons. The van der Waals surface area contributed by atoms with Gasteiger partial charge in [-0.25, -0.2) is 0 Å². The van der Waals surface area contributed by atoms with E-state index in [-0.39, 0.29) is 5.91 Å². The second kappa shape index (κ2) is 5.23. The van der Waals surface area contributed by atoms with Gasteiger partial charge in [0.1, 0.15) is 0 Å². The number of rotatable bonds is 3. The highest BCUT2D eigenvalue weighted by Crippen LogP contribution is 2.49. The van der Waals surface area contributed by atoms with Crippen molar-refractivity contribution in [3.05, 3.63) is 34.9 Å². The minimum atomic E-state index is 0.0952. The van der Waals surface area contributed by atoms with Crippen LogP contribution in [0.1, 0.15) is 54.1 Å². The summed E-state index contributed by atoms with van der Waals surface area (Å²) in [6.45, 7) is 6.27. The Morgan fingerprint density at radius 3 is 2.65 bits per heavy atom. The van der Waals surface area contributed by atoms with E-state index >= 15 is 0 Å². The summed E-state index contributed by atoms with van der Waals surface area (Å²) in [7, 11) is 0. The van der Waals surface area contributed by atoms with Gasteiger partial charge < -0.3 is 5.32 Å². The van der Waals surface area contributed by atoms with Crippen LogP contribution in [0.5, 0.6) is 0 Å². The topological polar surface area (TPSA) is 29.1 Å². The van der Waals surface area contributed by atoms with Crippen molar-refractivity contribution < 1.29 is 4.79 Å². The van der Waals surface area contributed by atoms with Gasteiger partial charge in [0.25, 0.3) is 5.91 Å². The molecule has 20 heavy (non-hydrogen) atoms. The molecule has 0 aliphatic heterocycles. The fraction of sp³-hybridized carbons (Fsp3) is 0.611. The summed E-state index contributed by atoms with van der Waals surface area (Å²) >= 11 is 0. The molecule has 2 bridgehead atoms. The quantitative estimate of drug-likeness (QED) is 0.888. The molecule has 0 saturated heterocycles. The molecular formula is C18H25NO. The molecule has 1 amide bonds. The molecule has 0 spiro atoms. The van der Waals surface area contributed by atoms with Crippen LogP contribution in [0.3, 0.4) is 0 Å². The molecule has 4 atom stereocenters. The number of amides is 1. The smallest absolute Gasteiger partial charge is 0.251 e. The maximum absolute atomic E-state index is 12.4. The summed E-state index contributed by atoms with van der Waals surface area (Å²) in [5.41, 5.74) is 3.11. The lowest BCUT2D eigenvalue weighted by Gasteiger charge is -2.28. The Balaban J connectivity index is 1.66. The summed E-state index contributed by atoms with van der Waals surface area (Å²) < 4.78 is 0. The van der Waals surface area contributed by atoms with Crippen LogP contribution in [0.2, 0.25) is 0 Å². The zero-order valence-electron chi connectivity index (χ0n) is 12.8. The number of aryl methyl sites for hydroxylation is 2. The molecule has 2 nitrogen and oxygen atoms in total. The Labute approximate surface area is 122 Å². The molecule has 2 aliphatic rings.